The van der Waals surface area contributed by atoms with E-state index in [9.17, 15) is 9.90 Å². The highest BCUT2D eigenvalue weighted by atomic mass is 32.2. The zero-order chi connectivity index (χ0) is 14.7. The van der Waals surface area contributed by atoms with Crippen molar-refractivity contribution in [3.63, 3.8) is 0 Å². The zero-order valence-corrected chi connectivity index (χ0v) is 12.6. The van der Waals surface area contributed by atoms with Crippen molar-refractivity contribution in [2.24, 2.45) is 0 Å². The van der Waals surface area contributed by atoms with Crippen LogP contribution in [0.15, 0.2) is 41.4 Å². The van der Waals surface area contributed by atoms with Crippen molar-refractivity contribution in [2.45, 2.75) is 42.2 Å². The number of hydrogen-bond acceptors (Lipinski definition) is 3. The lowest BCUT2D eigenvalue weighted by atomic mass is 10.0. The first kappa shape index (κ1) is 14.2. The van der Waals surface area contributed by atoms with Crippen LogP contribution in [-0.2, 0) is 0 Å². The van der Waals surface area contributed by atoms with Crippen molar-refractivity contribution in [1.82, 2.24) is 9.78 Å². The van der Waals surface area contributed by atoms with E-state index in [0.29, 0.717) is 5.25 Å². The van der Waals surface area contributed by atoms with E-state index < -0.39 is 5.97 Å². The van der Waals surface area contributed by atoms with E-state index in [2.05, 4.69) is 5.10 Å². The number of aromatic nitrogens is 2. The number of nitrogens with zero attached hydrogens (tertiary/aromatic N) is 2. The van der Waals surface area contributed by atoms with Crippen molar-refractivity contribution in [2.75, 3.05) is 0 Å². The lowest BCUT2D eigenvalue weighted by Crippen LogP contribution is -2.11. The van der Waals surface area contributed by atoms with Gasteiger partial charge in [0, 0.05) is 5.25 Å². The van der Waals surface area contributed by atoms with Crippen molar-refractivity contribution < 1.29 is 9.90 Å². The van der Waals surface area contributed by atoms with Gasteiger partial charge in [-0.25, -0.2) is 9.48 Å². The average molecular weight is 302 g/mol. The first-order valence-electron chi connectivity index (χ1n) is 7.29. The summed E-state index contributed by atoms with van der Waals surface area (Å²) in [6, 6.07) is 9.42. The Bertz CT molecular complexity index is 618. The molecule has 3 rings (SSSR count). The van der Waals surface area contributed by atoms with Crippen LogP contribution in [0.2, 0.25) is 0 Å². The van der Waals surface area contributed by atoms with Crippen LogP contribution < -0.4 is 0 Å². The first-order valence-corrected chi connectivity index (χ1v) is 8.17. The van der Waals surface area contributed by atoms with Gasteiger partial charge in [-0.1, -0.05) is 37.5 Å². The fraction of sp³-hybridized carbons (Fsp3) is 0.375. The molecule has 1 aromatic heterocycles. The molecule has 0 bridgehead atoms. The summed E-state index contributed by atoms with van der Waals surface area (Å²) in [6.07, 6.45) is 7.81. The van der Waals surface area contributed by atoms with E-state index in [1.165, 1.54) is 36.8 Å². The molecule has 1 aliphatic rings. The number of hydrogen-bond donors (Lipinski definition) is 1. The maximum atomic E-state index is 11.6. The van der Waals surface area contributed by atoms with E-state index in [1.54, 1.807) is 18.0 Å². The quantitative estimate of drug-likeness (QED) is 0.927. The highest BCUT2D eigenvalue weighted by molar-refractivity contribution is 8.00. The van der Waals surface area contributed by atoms with Crippen LogP contribution in [0.4, 0.5) is 0 Å². The molecule has 0 spiro atoms. The highest BCUT2D eigenvalue weighted by Crippen LogP contribution is 2.35. The molecule has 0 unspecified atom stereocenters. The summed E-state index contributed by atoms with van der Waals surface area (Å²) in [6.45, 7) is 0. The number of carboxylic acids is 1. The van der Waals surface area contributed by atoms with Crippen LogP contribution in [0.5, 0.6) is 0 Å². The number of aromatic carboxylic acids is 1. The molecule has 1 aromatic carbocycles. The number of para-hydroxylation sites is 1. The second kappa shape index (κ2) is 6.35. The fourth-order valence-corrected chi connectivity index (χ4v) is 4.06. The van der Waals surface area contributed by atoms with Gasteiger partial charge in [0.25, 0.3) is 0 Å². The van der Waals surface area contributed by atoms with Crippen LogP contribution in [0, 0.1) is 0 Å². The van der Waals surface area contributed by atoms with E-state index in [4.69, 9.17) is 0 Å². The fourth-order valence-electron chi connectivity index (χ4n) is 2.74. The molecular weight excluding hydrogens is 284 g/mol. The van der Waals surface area contributed by atoms with Gasteiger partial charge in [-0.15, -0.1) is 11.8 Å². The van der Waals surface area contributed by atoms with Gasteiger partial charge in [0.2, 0.25) is 0 Å². The van der Waals surface area contributed by atoms with Crippen molar-refractivity contribution in [3.05, 3.63) is 42.2 Å². The number of thioether (sulfide) groups is 1. The first-order chi connectivity index (χ1) is 10.3. The summed E-state index contributed by atoms with van der Waals surface area (Å²) in [7, 11) is 0. The molecule has 0 aliphatic heterocycles. The summed E-state index contributed by atoms with van der Waals surface area (Å²) in [4.78, 5) is 12.4. The van der Waals surface area contributed by atoms with Crippen LogP contribution in [0.25, 0.3) is 5.69 Å². The normalized spacial score (nSPS) is 16.0. The number of rotatable bonds is 4. The smallest absolute Gasteiger partial charge is 0.355 e. The van der Waals surface area contributed by atoms with E-state index in [1.807, 2.05) is 30.3 Å². The minimum absolute atomic E-state index is 0.275. The Morgan fingerprint density at radius 3 is 2.57 bits per heavy atom. The monoisotopic (exact) mass is 302 g/mol. The standard InChI is InChI=1S/C16H18N2O2S/c19-16(20)15-14(21-13-9-5-2-6-10-13)11-17-18(15)12-7-3-1-4-8-12/h1,3-4,7-8,11,13H,2,5-6,9-10H2,(H,19,20). The summed E-state index contributed by atoms with van der Waals surface area (Å²) in [5.74, 6) is -0.922. The Morgan fingerprint density at radius 1 is 1.19 bits per heavy atom. The van der Waals surface area contributed by atoms with E-state index >= 15 is 0 Å². The molecule has 1 heterocycles. The van der Waals surface area contributed by atoms with Gasteiger partial charge in [0.05, 0.1) is 16.8 Å². The zero-order valence-electron chi connectivity index (χ0n) is 11.7. The molecule has 4 nitrogen and oxygen atoms in total. The molecule has 1 aliphatic carbocycles. The SMILES string of the molecule is O=C(O)c1c(SC2CCCCC2)cnn1-c1ccccc1. The lowest BCUT2D eigenvalue weighted by Gasteiger charge is -2.20. The molecule has 110 valence electrons. The minimum atomic E-state index is -0.922. The van der Waals surface area contributed by atoms with Crippen LogP contribution in [-0.4, -0.2) is 26.1 Å². The van der Waals surface area contributed by atoms with Gasteiger partial charge in [0.1, 0.15) is 0 Å². The summed E-state index contributed by atoms with van der Waals surface area (Å²) in [5, 5.41) is 14.4. The Morgan fingerprint density at radius 2 is 1.90 bits per heavy atom. The second-order valence-corrected chi connectivity index (χ2v) is 6.63. The second-order valence-electron chi connectivity index (χ2n) is 5.29. The van der Waals surface area contributed by atoms with Gasteiger partial charge < -0.3 is 5.11 Å². The molecule has 2 aromatic rings. The molecule has 1 saturated carbocycles. The molecule has 5 heteroatoms. The third-order valence-electron chi connectivity index (χ3n) is 3.78. The van der Waals surface area contributed by atoms with Gasteiger partial charge in [0.15, 0.2) is 5.69 Å². The van der Waals surface area contributed by atoms with Gasteiger partial charge in [-0.05, 0) is 25.0 Å². The molecule has 0 atom stereocenters. The third-order valence-corrected chi connectivity index (χ3v) is 5.14. The van der Waals surface area contributed by atoms with Crippen LogP contribution in [0.3, 0.4) is 0 Å². The van der Waals surface area contributed by atoms with E-state index in [-0.39, 0.29) is 5.69 Å². The Balaban J connectivity index is 1.91. The molecule has 0 radical (unpaired) electrons. The number of benzene rings is 1. The van der Waals surface area contributed by atoms with Crippen molar-refractivity contribution in [3.8, 4) is 5.69 Å². The molecular formula is C16H18N2O2S. The Hall–Kier alpha value is -1.75. The molecule has 0 amide bonds. The van der Waals surface area contributed by atoms with Crippen molar-refractivity contribution >= 4 is 17.7 Å². The number of carbonyl (C=O) groups is 1. The predicted molar refractivity (Wildman–Crippen MR) is 83.3 cm³/mol. The summed E-state index contributed by atoms with van der Waals surface area (Å²) >= 11 is 1.67. The predicted octanol–water partition coefficient (Wildman–Crippen LogP) is 4.00. The highest BCUT2D eigenvalue weighted by Gasteiger charge is 2.23. The topological polar surface area (TPSA) is 55.1 Å². The van der Waals surface area contributed by atoms with Gasteiger partial charge >= 0.3 is 5.97 Å². The maximum absolute atomic E-state index is 11.6. The summed E-state index contributed by atoms with van der Waals surface area (Å²) < 4.78 is 1.52. The molecule has 1 fully saturated rings. The summed E-state index contributed by atoms with van der Waals surface area (Å²) in [5.41, 5.74) is 1.06. The van der Waals surface area contributed by atoms with Gasteiger partial charge in [-0.2, -0.15) is 5.10 Å². The molecule has 1 N–H and O–H groups in total. The average Bonchev–Trinajstić information content (AvgIpc) is 2.93. The van der Waals surface area contributed by atoms with Crippen molar-refractivity contribution in [1.29, 1.82) is 0 Å². The molecule has 21 heavy (non-hydrogen) atoms. The third kappa shape index (κ3) is 3.13. The Labute approximate surface area is 128 Å². The lowest BCUT2D eigenvalue weighted by molar-refractivity contribution is 0.0683. The van der Waals surface area contributed by atoms with Gasteiger partial charge in [-0.3, -0.25) is 0 Å². The largest absolute Gasteiger partial charge is 0.476 e. The van der Waals surface area contributed by atoms with Crippen LogP contribution in [0.1, 0.15) is 42.6 Å². The van der Waals surface area contributed by atoms with Crippen LogP contribution >= 0.6 is 11.8 Å². The van der Waals surface area contributed by atoms with E-state index in [0.717, 1.165) is 10.6 Å². The Kier molecular flexibility index (Phi) is 4.29. The maximum Gasteiger partial charge on any atom is 0.355 e. The molecule has 0 saturated heterocycles. The minimum Gasteiger partial charge on any atom is -0.476 e. The number of carboxylic acid groups (broad SMARTS) is 1.